The Morgan fingerprint density at radius 3 is 2.61 bits per heavy atom. The molecule has 1 aromatic rings. The lowest BCUT2D eigenvalue weighted by atomic mass is 9.68. The molecule has 0 radical (unpaired) electrons. The summed E-state index contributed by atoms with van der Waals surface area (Å²) in [6.45, 7) is 4.85. The molecule has 0 N–H and O–H groups in total. The predicted molar refractivity (Wildman–Crippen MR) is 69.0 cm³/mol. The summed E-state index contributed by atoms with van der Waals surface area (Å²) in [5.74, 6) is -0.0930. The summed E-state index contributed by atoms with van der Waals surface area (Å²) in [7, 11) is 0. The second kappa shape index (κ2) is 5.53. The Kier molecular flexibility index (Phi) is 4.02. The minimum atomic E-state index is -0.336. The molecule has 0 spiro atoms. The maximum Gasteiger partial charge on any atom is 0.311 e. The number of hydrogen-bond acceptors (Lipinski definition) is 3. The monoisotopic (exact) mass is 248 g/mol. The minimum absolute atomic E-state index is 0.0930. The summed E-state index contributed by atoms with van der Waals surface area (Å²) >= 11 is 0. The molecule has 0 unspecified atom stereocenters. The molecular formula is C15H20O3. The van der Waals surface area contributed by atoms with Crippen molar-refractivity contribution < 1.29 is 14.3 Å². The number of esters is 1. The van der Waals surface area contributed by atoms with Crippen molar-refractivity contribution in [2.75, 3.05) is 6.61 Å². The number of ether oxygens (including phenoxy) is 2. The average Bonchev–Trinajstić information content (AvgIpc) is 2.34. The quantitative estimate of drug-likeness (QED) is 0.752. The van der Waals surface area contributed by atoms with E-state index in [9.17, 15) is 4.79 Å². The van der Waals surface area contributed by atoms with Crippen LogP contribution in [0.15, 0.2) is 30.3 Å². The standard InChI is InChI=1S/C15H20O3/c1-3-17-14(16)15(2)9-13(10-15)18-11-12-7-5-4-6-8-12/h4-8,13H,3,9-11H2,1-2H3. The van der Waals surface area contributed by atoms with Crippen molar-refractivity contribution in [3.05, 3.63) is 35.9 Å². The van der Waals surface area contributed by atoms with E-state index in [1.807, 2.05) is 44.2 Å². The first kappa shape index (κ1) is 13.1. The van der Waals surface area contributed by atoms with Crippen LogP contribution in [0.2, 0.25) is 0 Å². The van der Waals surface area contributed by atoms with E-state index in [0.29, 0.717) is 13.2 Å². The van der Waals surface area contributed by atoms with Crippen LogP contribution in [0, 0.1) is 5.41 Å². The van der Waals surface area contributed by atoms with Crippen molar-refractivity contribution in [2.45, 2.75) is 39.4 Å². The van der Waals surface area contributed by atoms with Crippen LogP contribution in [0.1, 0.15) is 32.3 Å². The minimum Gasteiger partial charge on any atom is -0.466 e. The fourth-order valence-electron chi connectivity index (χ4n) is 2.32. The lowest BCUT2D eigenvalue weighted by molar-refractivity contribution is -0.171. The molecule has 1 aliphatic rings. The molecule has 1 aromatic carbocycles. The van der Waals surface area contributed by atoms with Crippen molar-refractivity contribution in [1.29, 1.82) is 0 Å². The van der Waals surface area contributed by atoms with Crippen molar-refractivity contribution >= 4 is 5.97 Å². The number of carbonyl (C=O) groups is 1. The maximum atomic E-state index is 11.7. The predicted octanol–water partition coefficient (Wildman–Crippen LogP) is 2.94. The van der Waals surface area contributed by atoms with Gasteiger partial charge in [-0.3, -0.25) is 4.79 Å². The highest BCUT2D eigenvalue weighted by atomic mass is 16.5. The van der Waals surface area contributed by atoms with Crippen LogP contribution in [0.25, 0.3) is 0 Å². The molecule has 0 saturated heterocycles. The first-order valence-corrected chi connectivity index (χ1v) is 6.47. The second-order valence-corrected chi connectivity index (χ2v) is 5.11. The highest BCUT2D eigenvalue weighted by molar-refractivity contribution is 5.77. The Morgan fingerprint density at radius 2 is 2.00 bits per heavy atom. The molecule has 3 nitrogen and oxygen atoms in total. The first-order valence-electron chi connectivity index (χ1n) is 6.47. The smallest absolute Gasteiger partial charge is 0.311 e. The average molecular weight is 248 g/mol. The van der Waals surface area contributed by atoms with E-state index >= 15 is 0 Å². The van der Waals surface area contributed by atoms with Crippen molar-refractivity contribution in [3.63, 3.8) is 0 Å². The number of hydrogen-bond donors (Lipinski definition) is 0. The zero-order valence-electron chi connectivity index (χ0n) is 11.0. The number of rotatable bonds is 5. The Hall–Kier alpha value is -1.35. The fraction of sp³-hybridized carbons (Fsp3) is 0.533. The Balaban J connectivity index is 1.75. The van der Waals surface area contributed by atoms with Crippen LogP contribution in [0.4, 0.5) is 0 Å². The lowest BCUT2D eigenvalue weighted by Crippen LogP contribution is -2.46. The number of carbonyl (C=O) groups excluding carboxylic acids is 1. The van der Waals surface area contributed by atoms with Crippen LogP contribution < -0.4 is 0 Å². The van der Waals surface area contributed by atoms with E-state index in [1.165, 1.54) is 5.56 Å². The van der Waals surface area contributed by atoms with Crippen LogP contribution >= 0.6 is 0 Å². The van der Waals surface area contributed by atoms with Gasteiger partial charge in [-0.2, -0.15) is 0 Å². The topological polar surface area (TPSA) is 35.5 Å². The van der Waals surface area contributed by atoms with E-state index < -0.39 is 0 Å². The summed E-state index contributed by atoms with van der Waals surface area (Å²) in [4.78, 5) is 11.7. The molecule has 2 rings (SSSR count). The van der Waals surface area contributed by atoms with E-state index in [-0.39, 0.29) is 17.5 Å². The van der Waals surface area contributed by atoms with E-state index in [1.54, 1.807) is 0 Å². The Bertz CT molecular complexity index is 393. The molecule has 1 aliphatic carbocycles. The third-order valence-electron chi connectivity index (χ3n) is 3.45. The van der Waals surface area contributed by atoms with Gasteiger partial charge >= 0.3 is 5.97 Å². The van der Waals surface area contributed by atoms with Gasteiger partial charge < -0.3 is 9.47 Å². The van der Waals surface area contributed by atoms with Crippen LogP contribution in [-0.2, 0) is 20.9 Å². The Labute approximate surface area is 108 Å². The number of benzene rings is 1. The van der Waals surface area contributed by atoms with Gasteiger partial charge in [-0.1, -0.05) is 30.3 Å². The van der Waals surface area contributed by atoms with Crippen molar-refractivity contribution in [2.24, 2.45) is 5.41 Å². The lowest BCUT2D eigenvalue weighted by Gasteiger charge is -2.42. The summed E-state index contributed by atoms with van der Waals surface area (Å²) in [6, 6.07) is 10.1. The SMILES string of the molecule is CCOC(=O)C1(C)CC(OCc2ccccc2)C1. The molecule has 0 amide bonds. The highest BCUT2D eigenvalue weighted by Crippen LogP contribution is 2.43. The van der Waals surface area contributed by atoms with Gasteiger partial charge in [-0.25, -0.2) is 0 Å². The third-order valence-corrected chi connectivity index (χ3v) is 3.45. The van der Waals surface area contributed by atoms with Crippen molar-refractivity contribution in [3.8, 4) is 0 Å². The van der Waals surface area contributed by atoms with E-state index in [4.69, 9.17) is 9.47 Å². The zero-order valence-corrected chi connectivity index (χ0v) is 11.0. The van der Waals surface area contributed by atoms with Crippen LogP contribution in [-0.4, -0.2) is 18.7 Å². The van der Waals surface area contributed by atoms with E-state index in [2.05, 4.69) is 0 Å². The summed E-state index contributed by atoms with van der Waals surface area (Å²) in [6.07, 6.45) is 1.71. The van der Waals surface area contributed by atoms with Gasteiger partial charge in [0.1, 0.15) is 0 Å². The summed E-state index contributed by atoms with van der Waals surface area (Å²) in [5, 5.41) is 0. The normalized spacial score (nSPS) is 26.4. The van der Waals surface area contributed by atoms with Gasteiger partial charge in [0.25, 0.3) is 0 Å². The van der Waals surface area contributed by atoms with E-state index in [0.717, 1.165) is 12.8 Å². The van der Waals surface area contributed by atoms with Crippen LogP contribution in [0.3, 0.4) is 0 Å². The van der Waals surface area contributed by atoms with Crippen molar-refractivity contribution in [1.82, 2.24) is 0 Å². The summed E-state index contributed by atoms with van der Waals surface area (Å²) < 4.78 is 10.8. The molecule has 0 bridgehead atoms. The van der Waals surface area contributed by atoms with Gasteiger partial charge in [0.15, 0.2) is 0 Å². The molecule has 3 heteroatoms. The molecule has 18 heavy (non-hydrogen) atoms. The zero-order chi connectivity index (χ0) is 13.0. The fourth-order valence-corrected chi connectivity index (χ4v) is 2.32. The molecule has 0 aromatic heterocycles. The molecule has 0 atom stereocenters. The largest absolute Gasteiger partial charge is 0.466 e. The van der Waals surface area contributed by atoms with Gasteiger partial charge in [0.05, 0.1) is 24.7 Å². The molecule has 1 fully saturated rings. The Morgan fingerprint density at radius 1 is 1.33 bits per heavy atom. The highest BCUT2D eigenvalue weighted by Gasteiger charge is 2.48. The summed E-state index contributed by atoms with van der Waals surface area (Å²) in [5.41, 5.74) is 0.833. The third kappa shape index (κ3) is 2.91. The van der Waals surface area contributed by atoms with Gasteiger partial charge in [0.2, 0.25) is 0 Å². The molecular weight excluding hydrogens is 228 g/mol. The molecule has 0 aliphatic heterocycles. The van der Waals surface area contributed by atoms with Crippen LogP contribution in [0.5, 0.6) is 0 Å². The first-order chi connectivity index (χ1) is 8.64. The van der Waals surface area contributed by atoms with Gasteiger partial charge in [-0.15, -0.1) is 0 Å². The molecule has 98 valence electrons. The van der Waals surface area contributed by atoms with Gasteiger partial charge in [-0.05, 0) is 32.3 Å². The molecule has 1 saturated carbocycles. The maximum absolute atomic E-state index is 11.7. The van der Waals surface area contributed by atoms with Gasteiger partial charge in [0, 0.05) is 0 Å². The molecule has 0 heterocycles. The second-order valence-electron chi connectivity index (χ2n) is 5.11.